The fraction of sp³-hybridized carbons (Fsp3) is 0.533. The van der Waals surface area contributed by atoms with Crippen LogP contribution in [0.15, 0.2) is 24.3 Å². The number of hydrogen-bond donors (Lipinski definition) is 1. The first-order valence-electron chi connectivity index (χ1n) is 7.04. The second-order valence-electron chi connectivity index (χ2n) is 5.49. The summed E-state index contributed by atoms with van der Waals surface area (Å²) in [5.74, 6) is -0.643. The number of halogens is 3. The number of benzene rings is 1. The third-order valence-corrected chi connectivity index (χ3v) is 3.74. The lowest BCUT2D eigenvalue weighted by Gasteiger charge is -2.39. The molecule has 0 spiro atoms. The number of ether oxygens (including phenoxy) is 1. The van der Waals surface area contributed by atoms with E-state index in [4.69, 9.17) is 10.5 Å². The van der Waals surface area contributed by atoms with Gasteiger partial charge in [-0.2, -0.15) is 13.2 Å². The first-order valence-corrected chi connectivity index (χ1v) is 7.04. The van der Waals surface area contributed by atoms with E-state index in [1.54, 1.807) is 18.2 Å². The molecule has 22 heavy (non-hydrogen) atoms. The standard InChI is InChI=1S/C15H19F3N2O2/c1-22-9-10-3-2-4-11(7-10)14(21)20-8-12(19)5-6-13(20)15(16,17)18/h2-4,7,12-13H,5-6,8-9,19H2,1H3/t12-,13-/m0/s1. The molecule has 1 fully saturated rings. The number of alkyl halides is 3. The van der Waals surface area contributed by atoms with E-state index in [0.29, 0.717) is 6.61 Å². The Morgan fingerprint density at radius 3 is 2.77 bits per heavy atom. The summed E-state index contributed by atoms with van der Waals surface area (Å²) < 4.78 is 44.4. The van der Waals surface area contributed by atoms with Crippen LogP contribution < -0.4 is 5.73 Å². The van der Waals surface area contributed by atoms with E-state index in [1.165, 1.54) is 13.2 Å². The molecule has 0 aliphatic carbocycles. The topological polar surface area (TPSA) is 55.6 Å². The van der Waals surface area contributed by atoms with Crippen molar-refractivity contribution in [1.29, 1.82) is 0 Å². The highest BCUT2D eigenvalue weighted by atomic mass is 19.4. The van der Waals surface area contributed by atoms with Crippen molar-refractivity contribution in [2.75, 3.05) is 13.7 Å². The van der Waals surface area contributed by atoms with E-state index in [0.717, 1.165) is 10.5 Å². The van der Waals surface area contributed by atoms with Crippen molar-refractivity contribution in [3.05, 3.63) is 35.4 Å². The SMILES string of the molecule is COCc1cccc(C(=O)N2C[C@@H](N)CC[C@H]2C(F)(F)F)c1. The van der Waals surface area contributed by atoms with E-state index >= 15 is 0 Å². The summed E-state index contributed by atoms with van der Waals surface area (Å²) in [4.78, 5) is 13.3. The molecule has 1 amide bonds. The molecule has 0 aromatic heterocycles. The summed E-state index contributed by atoms with van der Waals surface area (Å²) in [6.45, 7) is 0.209. The molecular formula is C15H19F3N2O2. The number of rotatable bonds is 3. The summed E-state index contributed by atoms with van der Waals surface area (Å²) >= 11 is 0. The predicted octanol–water partition coefficient (Wildman–Crippen LogP) is 2.33. The average molecular weight is 316 g/mol. The van der Waals surface area contributed by atoms with Gasteiger partial charge in [0.15, 0.2) is 0 Å². The average Bonchev–Trinajstić information content (AvgIpc) is 2.46. The molecule has 7 heteroatoms. The van der Waals surface area contributed by atoms with Gasteiger partial charge in [-0.3, -0.25) is 4.79 Å². The van der Waals surface area contributed by atoms with Crippen molar-refractivity contribution in [3.8, 4) is 0 Å². The lowest BCUT2D eigenvalue weighted by atomic mass is 9.97. The molecule has 1 aliphatic heterocycles. The highest BCUT2D eigenvalue weighted by Gasteiger charge is 2.47. The monoisotopic (exact) mass is 316 g/mol. The lowest BCUT2D eigenvalue weighted by Crippen LogP contribution is -2.56. The van der Waals surface area contributed by atoms with Crippen LogP contribution in [0.4, 0.5) is 13.2 Å². The zero-order chi connectivity index (χ0) is 16.3. The molecule has 1 saturated heterocycles. The van der Waals surface area contributed by atoms with Gasteiger partial charge in [0.1, 0.15) is 6.04 Å². The highest BCUT2D eigenvalue weighted by Crippen LogP contribution is 2.32. The van der Waals surface area contributed by atoms with Gasteiger partial charge in [-0.1, -0.05) is 12.1 Å². The molecule has 0 saturated carbocycles. The van der Waals surface area contributed by atoms with Crippen LogP contribution in [0.25, 0.3) is 0 Å². The quantitative estimate of drug-likeness (QED) is 0.931. The summed E-state index contributed by atoms with van der Waals surface area (Å²) in [5.41, 5.74) is 6.70. The minimum atomic E-state index is -4.44. The van der Waals surface area contributed by atoms with Gasteiger partial charge in [0.05, 0.1) is 6.61 Å². The van der Waals surface area contributed by atoms with Crippen molar-refractivity contribution in [1.82, 2.24) is 4.90 Å². The van der Waals surface area contributed by atoms with Crippen LogP contribution in [0.2, 0.25) is 0 Å². The molecule has 122 valence electrons. The van der Waals surface area contributed by atoms with Gasteiger partial charge in [-0.25, -0.2) is 0 Å². The Kier molecular flexibility index (Phi) is 5.08. The number of nitrogens with zero attached hydrogens (tertiary/aromatic N) is 1. The van der Waals surface area contributed by atoms with Crippen LogP contribution in [0.1, 0.15) is 28.8 Å². The van der Waals surface area contributed by atoms with Crippen molar-refractivity contribution >= 4 is 5.91 Å². The number of methoxy groups -OCH3 is 1. The molecule has 0 bridgehead atoms. The minimum Gasteiger partial charge on any atom is -0.380 e. The van der Waals surface area contributed by atoms with Crippen LogP contribution in [0.5, 0.6) is 0 Å². The molecule has 0 unspecified atom stereocenters. The third-order valence-electron chi connectivity index (χ3n) is 3.74. The van der Waals surface area contributed by atoms with Crippen LogP contribution in [-0.4, -0.2) is 42.7 Å². The summed E-state index contributed by atoms with van der Waals surface area (Å²) in [7, 11) is 1.51. The van der Waals surface area contributed by atoms with E-state index in [-0.39, 0.29) is 24.9 Å². The fourth-order valence-corrected chi connectivity index (χ4v) is 2.69. The Balaban J connectivity index is 2.26. The zero-order valence-electron chi connectivity index (χ0n) is 12.3. The lowest BCUT2D eigenvalue weighted by molar-refractivity contribution is -0.184. The third kappa shape index (κ3) is 3.78. The Hall–Kier alpha value is -1.60. The van der Waals surface area contributed by atoms with E-state index in [9.17, 15) is 18.0 Å². The Labute approximate surface area is 127 Å². The maximum absolute atomic E-state index is 13.1. The number of likely N-dealkylation sites (tertiary alicyclic amines) is 1. The molecule has 4 nitrogen and oxygen atoms in total. The molecule has 0 radical (unpaired) electrons. The summed E-state index contributed by atoms with van der Waals surface area (Å²) in [6.07, 6.45) is -4.34. The predicted molar refractivity (Wildman–Crippen MR) is 75.2 cm³/mol. The van der Waals surface area contributed by atoms with Crippen LogP contribution in [0.3, 0.4) is 0 Å². The van der Waals surface area contributed by atoms with Crippen molar-refractivity contribution < 1.29 is 22.7 Å². The summed E-state index contributed by atoms with van der Waals surface area (Å²) in [6, 6.07) is 4.25. The highest BCUT2D eigenvalue weighted by molar-refractivity contribution is 5.94. The van der Waals surface area contributed by atoms with Gasteiger partial charge in [0.25, 0.3) is 5.91 Å². The molecule has 1 aromatic rings. The van der Waals surface area contributed by atoms with Gasteiger partial charge in [0, 0.05) is 25.3 Å². The number of carbonyl (C=O) groups excluding carboxylic acids is 1. The maximum atomic E-state index is 13.1. The second kappa shape index (κ2) is 6.66. The molecular weight excluding hydrogens is 297 g/mol. The Morgan fingerprint density at radius 1 is 1.41 bits per heavy atom. The molecule has 2 N–H and O–H groups in total. The van der Waals surface area contributed by atoms with Gasteiger partial charge >= 0.3 is 6.18 Å². The molecule has 1 aliphatic rings. The van der Waals surface area contributed by atoms with E-state index in [2.05, 4.69) is 0 Å². The number of carbonyl (C=O) groups is 1. The van der Waals surface area contributed by atoms with Crippen LogP contribution in [0, 0.1) is 0 Å². The number of piperidine rings is 1. The number of hydrogen-bond acceptors (Lipinski definition) is 3. The molecule has 2 rings (SSSR count). The molecule has 2 atom stereocenters. The van der Waals surface area contributed by atoms with Gasteiger partial charge < -0.3 is 15.4 Å². The van der Waals surface area contributed by atoms with Crippen molar-refractivity contribution in [2.24, 2.45) is 5.73 Å². The van der Waals surface area contributed by atoms with Crippen molar-refractivity contribution in [3.63, 3.8) is 0 Å². The van der Waals surface area contributed by atoms with Crippen LogP contribution in [-0.2, 0) is 11.3 Å². The molecule has 1 aromatic carbocycles. The minimum absolute atomic E-state index is 0.0858. The fourth-order valence-electron chi connectivity index (χ4n) is 2.69. The molecule has 1 heterocycles. The first-order chi connectivity index (χ1) is 10.3. The van der Waals surface area contributed by atoms with E-state index in [1.807, 2.05) is 0 Å². The van der Waals surface area contributed by atoms with Gasteiger partial charge in [-0.05, 0) is 30.5 Å². The summed E-state index contributed by atoms with van der Waals surface area (Å²) in [5, 5.41) is 0. The smallest absolute Gasteiger partial charge is 0.380 e. The number of nitrogens with two attached hydrogens (primary N) is 1. The zero-order valence-corrected chi connectivity index (χ0v) is 12.3. The first kappa shape index (κ1) is 16.8. The second-order valence-corrected chi connectivity index (χ2v) is 5.49. The normalized spacial score (nSPS) is 22.7. The van der Waals surface area contributed by atoms with Gasteiger partial charge in [-0.15, -0.1) is 0 Å². The van der Waals surface area contributed by atoms with Crippen molar-refractivity contribution in [2.45, 2.75) is 37.7 Å². The van der Waals surface area contributed by atoms with Crippen LogP contribution >= 0.6 is 0 Å². The number of amides is 1. The van der Waals surface area contributed by atoms with Gasteiger partial charge in [0.2, 0.25) is 0 Å². The Bertz CT molecular complexity index is 534. The maximum Gasteiger partial charge on any atom is 0.408 e. The Morgan fingerprint density at radius 2 is 2.14 bits per heavy atom. The van der Waals surface area contributed by atoms with E-state index < -0.39 is 24.2 Å². The largest absolute Gasteiger partial charge is 0.408 e.